The molecule has 2 aromatic heterocycles. The Hall–Kier alpha value is -3.77. The van der Waals surface area contributed by atoms with E-state index >= 15 is 0 Å². The van der Waals surface area contributed by atoms with Crippen LogP contribution in [-0.4, -0.2) is 40.6 Å². The van der Waals surface area contributed by atoms with Crippen LogP contribution in [0.15, 0.2) is 48.5 Å². The SMILES string of the molecule is COC[C@H](C)Nc1nc(Oc2cccc3sc(NC(C)=O)nc23)cc(-c2ccc(C(F)(F)F)cc2)n1. The van der Waals surface area contributed by atoms with E-state index < -0.39 is 11.7 Å². The normalized spacial score (nSPS) is 12.4. The molecule has 4 aromatic rings. The Morgan fingerprint density at radius 2 is 1.86 bits per heavy atom. The van der Waals surface area contributed by atoms with E-state index in [0.717, 1.165) is 16.8 Å². The number of nitrogens with one attached hydrogen (secondary N) is 2. The number of carbonyl (C=O) groups excluding carboxylic acids is 1. The van der Waals surface area contributed by atoms with Gasteiger partial charge in [-0.2, -0.15) is 18.2 Å². The number of benzene rings is 2. The lowest BCUT2D eigenvalue weighted by Gasteiger charge is -2.15. The number of nitrogens with zero attached hydrogens (tertiary/aromatic N) is 3. The van der Waals surface area contributed by atoms with Crippen LogP contribution in [-0.2, 0) is 15.7 Å². The standard InChI is InChI=1S/C24H22F3N5O3S/c1-13(12-34-3)28-22-30-17(15-7-9-16(10-8-15)24(25,26)27)11-20(31-22)35-18-5-4-6-19-21(18)32-23(36-19)29-14(2)33/h4-11,13H,12H2,1-3H3,(H,28,30,31)(H,29,32,33)/t13-/m0/s1. The quantitative estimate of drug-likeness (QED) is 0.297. The highest BCUT2D eigenvalue weighted by Crippen LogP contribution is 2.36. The molecule has 1 atom stereocenters. The molecule has 0 saturated heterocycles. The van der Waals surface area contributed by atoms with Crippen LogP contribution < -0.4 is 15.4 Å². The van der Waals surface area contributed by atoms with Crippen molar-refractivity contribution < 1.29 is 27.4 Å². The van der Waals surface area contributed by atoms with Crippen LogP contribution in [0.5, 0.6) is 11.6 Å². The molecule has 2 aromatic carbocycles. The Balaban J connectivity index is 1.72. The highest BCUT2D eigenvalue weighted by Gasteiger charge is 2.30. The zero-order chi connectivity index (χ0) is 25.9. The second-order valence-electron chi connectivity index (χ2n) is 7.90. The van der Waals surface area contributed by atoms with Gasteiger partial charge in [0.2, 0.25) is 17.7 Å². The average molecular weight is 518 g/mol. The topological polar surface area (TPSA) is 98.3 Å². The molecule has 0 aliphatic carbocycles. The first-order chi connectivity index (χ1) is 17.1. The molecule has 188 valence electrons. The third-order valence-corrected chi connectivity index (χ3v) is 5.82. The highest BCUT2D eigenvalue weighted by molar-refractivity contribution is 7.22. The lowest BCUT2D eigenvalue weighted by molar-refractivity contribution is -0.137. The summed E-state index contributed by atoms with van der Waals surface area (Å²) < 4.78 is 51.0. The first-order valence-electron chi connectivity index (χ1n) is 10.8. The number of carbonyl (C=O) groups is 1. The fourth-order valence-electron chi connectivity index (χ4n) is 3.35. The molecule has 1 amide bonds. The molecular weight excluding hydrogens is 495 g/mol. The third kappa shape index (κ3) is 6.07. The van der Waals surface area contributed by atoms with Crippen LogP contribution in [0, 0.1) is 0 Å². The van der Waals surface area contributed by atoms with E-state index in [1.807, 2.05) is 13.0 Å². The van der Waals surface area contributed by atoms with E-state index in [2.05, 4.69) is 25.6 Å². The fraction of sp³-hybridized carbons (Fsp3) is 0.250. The summed E-state index contributed by atoms with van der Waals surface area (Å²) in [5.74, 6) is 0.535. The maximum Gasteiger partial charge on any atom is 0.416 e. The minimum absolute atomic E-state index is 0.145. The van der Waals surface area contributed by atoms with Gasteiger partial charge in [-0.15, -0.1) is 0 Å². The average Bonchev–Trinajstić information content (AvgIpc) is 3.21. The molecule has 0 aliphatic heterocycles. The smallest absolute Gasteiger partial charge is 0.416 e. The third-order valence-electron chi connectivity index (χ3n) is 4.88. The van der Waals surface area contributed by atoms with E-state index in [4.69, 9.17) is 9.47 Å². The number of aromatic nitrogens is 3. The Morgan fingerprint density at radius 1 is 1.11 bits per heavy atom. The summed E-state index contributed by atoms with van der Waals surface area (Å²) in [5, 5.41) is 6.20. The number of rotatable bonds is 8. The van der Waals surface area contributed by atoms with Gasteiger partial charge < -0.3 is 20.1 Å². The molecule has 4 rings (SSSR count). The van der Waals surface area contributed by atoms with Crippen molar-refractivity contribution in [1.29, 1.82) is 0 Å². The number of halogens is 3. The zero-order valence-electron chi connectivity index (χ0n) is 19.5. The van der Waals surface area contributed by atoms with Gasteiger partial charge in [0, 0.05) is 31.7 Å². The molecule has 0 aliphatic rings. The Bertz CT molecular complexity index is 1380. The van der Waals surface area contributed by atoms with Crippen molar-refractivity contribution in [2.24, 2.45) is 0 Å². The number of methoxy groups -OCH3 is 1. The number of fused-ring (bicyclic) bond motifs is 1. The number of ether oxygens (including phenoxy) is 2. The monoisotopic (exact) mass is 517 g/mol. The number of alkyl halides is 3. The Morgan fingerprint density at radius 3 is 2.53 bits per heavy atom. The predicted octanol–water partition coefficient (Wildman–Crippen LogP) is 5.97. The van der Waals surface area contributed by atoms with E-state index in [1.165, 1.54) is 36.5 Å². The summed E-state index contributed by atoms with van der Waals surface area (Å²) in [4.78, 5) is 24.7. The van der Waals surface area contributed by atoms with Crippen LogP contribution in [0.1, 0.15) is 19.4 Å². The maximum absolute atomic E-state index is 13.0. The number of hydrogen-bond acceptors (Lipinski definition) is 8. The predicted molar refractivity (Wildman–Crippen MR) is 131 cm³/mol. The Kier molecular flexibility index (Phi) is 7.36. The lowest BCUT2D eigenvalue weighted by Crippen LogP contribution is -2.22. The molecule has 0 fully saturated rings. The van der Waals surface area contributed by atoms with E-state index in [0.29, 0.717) is 34.3 Å². The molecule has 0 unspecified atom stereocenters. The van der Waals surface area contributed by atoms with Crippen molar-refractivity contribution in [3.8, 4) is 22.9 Å². The molecule has 8 nitrogen and oxygen atoms in total. The van der Waals surface area contributed by atoms with Crippen LogP contribution in [0.25, 0.3) is 21.5 Å². The number of para-hydroxylation sites is 1. The van der Waals surface area contributed by atoms with Gasteiger partial charge in [-0.25, -0.2) is 9.97 Å². The summed E-state index contributed by atoms with van der Waals surface area (Å²) in [6, 6.07) is 11.4. The molecule has 2 heterocycles. The molecule has 36 heavy (non-hydrogen) atoms. The summed E-state index contributed by atoms with van der Waals surface area (Å²) in [6.45, 7) is 3.65. The fourth-order valence-corrected chi connectivity index (χ4v) is 4.28. The van der Waals surface area contributed by atoms with Gasteiger partial charge in [-0.05, 0) is 31.2 Å². The van der Waals surface area contributed by atoms with E-state index in [1.54, 1.807) is 19.2 Å². The summed E-state index contributed by atoms with van der Waals surface area (Å²) in [5.41, 5.74) is 0.597. The number of anilines is 2. The van der Waals surface area contributed by atoms with Gasteiger partial charge in [-0.1, -0.05) is 29.5 Å². The van der Waals surface area contributed by atoms with E-state index in [-0.39, 0.29) is 23.8 Å². The van der Waals surface area contributed by atoms with Crippen molar-refractivity contribution in [1.82, 2.24) is 15.0 Å². The van der Waals surface area contributed by atoms with E-state index in [9.17, 15) is 18.0 Å². The second-order valence-corrected chi connectivity index (χ2v) is 8.93. The highest BCUT2D eigenvalue weighted by atomic mass is 32.1. The van der Waals surface area contributed by atoms with Gasteiger partial charge in [0.1, 0.15) is 5.52 Å². The van der Waals surface area contributed by atoms with Crippen LogP contribution in [0.4, 0.5) is 24.3 Å². The van der Waals surface area contributed by atoms with Crippen LogP contribution in [0.2, 0.25) is 0 Å². The molecule has 0 spiro atoms. The van der Waals surface area contributed by atoms with Gasteiger partial charge in [0.25, 0.3) is 0 Å². The summed E-state index contributed by atoms with van der Waals surface area (Å²) in [7, 11) is 1.57. The number of amides is 1. The van der Waals surface area contributed by atoms with Crippen molar-refractivity contribution in [2.75, 3.05) is 24.4 Å². The molecule has 0 saturated carbocycles. The van der Waals surface area contributed by atoms with Gasteiger partial charge in [-0.3, -0.25) is 4.79 Å². The lowest BCUT2D eigenvalue weighted by atomic mass is 10.1. The number of hydrogen-bond donors (Lipinski definition) is 2. The molecule has 12 heteroatoms. The second kappa shape index (κ2) is 10.5. The van der Waals surface area contributed by atoms with Gasteiger partial charge in [0.05, 0.1) is 22.6 Å². The summed E-state index contributed by atoms with van der Waals surface area (Å²) >= 11 is 1.30. The minimum Gasteiger partial charge on any atom is -0.437 e. The summed E-state index contributed by atoms with van der Waals surface area (Å²) in [6.07, 6.45) is -4.44. The Labute approximate surface area is 208 Å². The molecule has 2 N–H and O–H groups in total. The molecule has 0 bridgehead atoms. The number of thiazole rings is 1. The largest absolute Gasteiger partial charge is 0.437 e. The molecular formula is C24H22F3N5O3S. The van der Waals surface area contributed by atoms with Crippen LogP contribution >= 0.6 is 11.3 Å². The minimum atomic E-state index is -4.44. The van der Waals surface area contributed by atoms with Gasteiger partial charge >= 0.3 is 6.18 Å². The first-order valence-corrected chi connectivity index (χ1v) is 11.6. The van der Waals surface area contributed by atoms with Crippen LogP contribution in [0.3, 0.4) is 0 Å². The molecule has 0 radical (unpaired) electrons. The van der Waals surface area contributed by atoms with Gasteiger partial charge in [0.15, 0.2) is 10.9 Å². The van der Waals surface area contributed by atoms with Crippen molar-refractivity contribution in [3.63, 3.8) is 0 Å². The maximum atomic E-state index is 13.0. The van der Waals surface area contributed by atoms with Crippen molar-refractivity contribution in [3.05, 3.63) is 54.1 Å². The first kappa shape index (κ1) is 25.3. The zero-order valence-corrected chi connectivity index (χ0v) is 20.3. The van der Waals surface area contributed by atoms with Crippen molar-refractivity contribution >= 4 is 38.5 Å². The van der Waals surface area contributed by atoms with Crippen molar-refractivity contribution in [2.45, 2.75) is 26.1 Å².